The maximum atomic E-state index is 12.5. The van der Waals surface area contributed by atoms with E-state index in [0.717, 1.165) is 12.1 Å². The molecule has 1 aliphatic heterocycles. The highest BCUT2D eigenvalue weighted by Crippen LogP contribution is 2.28. The third-order valence-electron chi connectivity index (χ3n) is 1.67. The molecule has 62 valence electrons. The molecular weight excluding hydrogens is 163 g/mol. The summed E-state index contributed by atoms with van der Waals surface area (Å²) in [5.41, 5.74) is 0.226. The Kier molecular flexibility index (Phi) is 1.38. The summed E-state index contributed by atoms with van der Waals surface area (Å²) in [6, 6.07) is 3.52. The van der Waals surface area contributed by atoms with E-state index in [4.69, 9.17) is 5.11 Å². The first-order chi connectivity index (χ1) is 5.68. The van der Waals surface area contributed by atoms with Crippen LogP contribution < -0.4 is 4.74 Å². The molecule has 1 heterocycles. The summed E-state index contributed by atoms with van der Waals surface area (Å²) < 4.78 is 17.2. The normalized spacial score (nSPS) is 20.5. The molecule has 0 saturated carbocycles. The van der Waals surface area contributed by atoms with Gasteiger partial charge in [0.2, 0.25) is 5.78 Å². The summed E-state index contributed by atoms with van der Waals surface area (Å²) >= 11 is 0. The molecule has 12 heavy (non-hydrogen) atoms. The maximum Gasteiger partial charge on any atom is 0.262 e. The molecule has 0 radical (unpaired) electrons. The summed E-state index contributed by atoms with van der Waals surface area (Å²) in [7, 11) is 0. The zero-order chi connectivity index (χ0) is 8.72. The van der Waals surface area contributed by atoms with Crippen LogP contribution in [0.1, 0.15) is 10.4 Å². The molecule has 0 bridgehead atoms. The standard InChI is InChI=1S/C8H5FO3/c9-4-1-2-5-6(3-4)12-8(11)7(5)10/h1-3,8,11H. The number of ketones is 1. The van der Waals surface area contributed by atoms with Crippen molar-refractivity contribution in [3.63, 3.8) is 0 Å². The first-order valence-electron chi connectivity index (χ1n) is 3.37. The van der Waals surface area contributed by atoms with Crippen LogP contribution in [-0.2, 0) is 0 Å². The molecule has 1 aromatic rings. The Morgan fingerprint density at radius 1 is 1.50 bits per heavy atom. The van der Waals surface area contributed by atoms with Crippen LogP contribution >= 0.6 is 0 Å². The predicted molar refractivity (Wildman–Crippen MR) is 37.4 cm³/mol. The van der Waals surface area contributed by atoms with E-state index in [9.17, 15) is 9.18 Å². The number of fused-ring (bicyclic) bond motifs is 1. The Bertz CT molecular complexity index is 348. The van der Waals surface area contributed by atoms with Gasteiger partial charge < -0.3 is 9.84 Å². The lowest BCUT2D eigenvalue weighted by molar-refractivity contribution is 0.00856. The highest BCUT2D eigenvalue weighted by atomic mass is 19.1. The van der Waals surface area contributed by atoms with Crippen molar-refractivity contribution in [2.24, 2.45) is 0 Å². The largest absolute Gasteiger partial charge is 0.456 e. The SMILES string of the molecule is O=C1c2ccc(F)cc2OC1O. The Morgan fingerprint density at radius 2 is 2.25 bits per heavy atom. The average molecular weight is 168 g/mol. The van der Waals surface area contributed by atoms with Gasteiger partial charge in [-0.1, -0.05) is 0 Å². The Hall–Kier alpha value is -1.42. The van der Waals surface area contributed by atoms with Gasteiger partial charge in [0.25, 0.3) is 6.29 Å². The molecular formula is C8H5FO3. The van der Waals surface area contributed by atoms with Crippen LogP contribution in [0, 0.1) is 5.82 Å². The van der Waals surface area contributed by atoms with Crippen molar-refractivity contribution in [1.82, 2.24) is 0 Å². The van der Waals surface area contributed by atoms with E-state index in [1.54, 1.807) is 0 Å². The van der Waals surface area contributed by atoms with E-state index in [1.807, 2.05) is 0 Å². The number of benzene rings is 1. The number of Topliss-reactive ketones (excluding diaryl/α,β-unsaturated/α-hetero) is 1. The quantitative estimate of drug-likeness (QED) is 0.620. The van der Waals surface area contributed by atoms with Gasteiger partial charge in [-0.2, -0.15) is 0 Å². The first-order valence-corrected chi connectivity index (χ1v) is 3.37. The van der Waals surface area contributed by atoms with Crippen molar-refractivity contribution in [3.8, 4) is 5.75 Å². The number of rotatable bonds is 0. The zero-order valence-electron chi connectivity index (χ0n) is 5.95. The highest BCUT2D eigenvalue weighted by molar-refractivity contribution is 6.03. The van der Waals surface area contributed by atoms with Gasteiger partial charge >= 0.3 is 0 Å². The number of hydrogen-bond donors (Lipinski definition) is 1. The number of carbonyl (C=O) groups excluding carboxylic acids is 1. The van der Waals surface area contributed by atoms with Crippen molar-refractivity contribution in [2.75, 3.05) is 0 Å². The summed E-state index contributed by atoms with van der Waals surface area (Å²) in [4.78, 5) is 11.0. The first kappa shape index (κ1) is 7.24. The minimum Gasteiger partial charge on any atom is -0.456 e. The molecule has 1 atom stereocenters. The summed E-state index contributed by atoms with van der Waals surface area (Å²) in [5.74, 6) is -0.909. The lowest BCUT2D eigenvalue weighted by atomic mass is 10.1. The highest BCUT2D eigenvalue weighted by Gasteiger charge is 2.30. The number of aliphatic hydroxyl groups excluding tert-OH is 1. The Morgan fingerprint density at radius 3 is 3.00 bits per heavy atom. The zero-order valence-corrected chi connectivity index (χ0v) is 5.95. The van der Waals surface area contributed by atoms with Crippen LogP contribution in [0.15, 0.2) is 18.2 Å². The Labute approximate surface area is 67.4 Å². The molecule has 2 rings (SSSR count). The predicted octanol–water partition coefficient (Wildman–Crippen LogP) is 0.719. The third-order valence-corrected chi connectivity index (χ3v) is 1.67. The smallest absolute Gasteiger partial charge is 0.262 e. The fourth-order valence-corrected chi connectivity index (χ4v) is 1.10. The maximum absolute atomic E-state index is 12.5. The molecule has 1 aromatic carbocycles. The molecule has 0 aliphatic carbocycles. The lowest BCUT2D eigenvalue weighted by Gasteiger charge is -1.98. The molecule has 1 N–H and O–H groups in total. The van der Waals surface area contributed by atoms with Gasteiger partial charge in [0.05, 0.1) is 5.56 Å². The molecule has 3 nitrogen and oxygen atoms in total. The van der Waals surface area contributed by atoms with E-state index in [-0.39, 0.29) is 11.3 Å². The van der Waals surface area contributed by atoms with Crippen molar-refractivity contribution in [2.45, 2.75) is 6.29 Å². The number of ether oxygens (including phenoxy) is 1. The second-order valence-corrected chi connectivity index (χ2v) is 2.47. The fraction of sp³-hybridized carbons (Fsp3) is 0.125. The van der Waals surface area contributed by atoms with E-state index < -0.39 is 17.9 Å². The molecule has 4 heteroatoms. The average Bonchev–Trinajstić information content (AvgIpc) is 2.28. The third kappa shape index (κ3) is 0.887. The van der Waals surface area contributed by atoms with Gasteiger partial charge in [-0.15, -0.1) is 0 Å². The van der Waals surface area contributed by atoms with Crippen molar-refractivity contribution in [1.29, 1.82) is 0 Å². The van der Waals surface area contributed by atoms with Crippen LogP contribution in [0.2, 0.25) is 0 Å². The van der Waals surface area contributed by atoms with Gasteiger partial charge in [0, 0.05) is 6.07 Å². The number of carbonyl (C=O) groups is 1. The molecule has 1 unspecified atom stereocenters. The monoisotopic (exact) mass is 168 g/mol. The fourth-order valence-electron chi connectivity index (χ4n) is 1.10. The van der Waals surface area contributed by atoms with Crippen LogP contribution in [0.25, 0.3) is 0 Å². The second kappa shape index (κ2) is 2.28. The molecule has 1 aliphatic rings. The number of aliphatic hydroxyl groups is 1. The van der Waals surface area contributed by atoms with Gasteiger partial charge in [-0.25, -0.2) is 4.39 Å². The van der Waals surface area contributed by atoms with Crippen LogP contribution in [0.4, 0.5) is 4.39 Å². The number of hydrogen-bond acceptors (Lipinski definition) is 3. The van der Waals surface area contributed by atoms with Crippen molar-refractivity contribution < 1.29 is 19.0 Å². The molecule has 0 amide bonds. The van der Waals surface area contributed by atoms with E-state index in [1.165, 1.54) is 6.07 Å². The summed E-state index contributed by atoms with van der Waals surface area (Å²) in [6.45, 7) is 0. The topological polar surface area (TPSA) is 46.5 Å². The summed E-state index contributed by atoms with van der Waals surface area (Å²) in [6.07, 6.45) is -1.47. The second-order valence-electron chi connectivity index (χ2n) is 2.47. The number of halogens is 1. The minimum atomic E-state index is -1.47. The van der Waals surface area contributed by atoms with Crippen molar-refractivity contribution in [3.05, 3.63) is 29.6 Å². The van der Waals surface area contributed by atoms with Crippen LogP contribution in [0.3, 0.4) is 0 Å². The van der Waals surface area contributed by atoms with E-state index in [2.05, 4.69) is 4.74 Å². The van der Waals surface area contributed by atoms with E-state index >= 15 is 0 Å². The summed E-state index contributed by atoms with van der Waals surface area (Å²) in [5, 5.41) is 8.92. The van der Waals surface area contributed by atoms with Crippen molar-refractivity contribution >= 4 is 5.78 Å². The van der Waals surface area contributed by atoms with Gasteiger partial charge in [-0.3, -0.25) is 4.79 Å². The minimum absolute atomic E-state index is 0.104. The molecule has 0 fully saturated rings. The van der Waals surface area contributed by atoms with E-state index in [0.29, 0.717) is 0 Å². The van der Waals surface area contributed by atoms with Gasteiger partial charge in [0.1, 0.15) is 11.6 Å². The molecule has 0 aromatic heterocycles. The van der Waals surface area contributed by atoms with Gasteiger partial charge in [0.15, 0.2) is 0 Å². The van der Waals surface area contributed by atoms with Crippen LogP contribution in [-0.4, -0.2) is 17.2 Å². The Balaban J connectivity index is 2.54. The lowest BCUT2D eigenvalue weighted by Crippen LogP contribution is -2.18. The van der Waals surface area contributed by atoms with Gasteiger partial charge in [-0.05, 0) is 12.1 Å². The molecule has 0 saturated heterocycles. The molecule has 0 spiro atoms. The van der Waals surface area contributed by atoms with Crippen LogP contribution in [0.5, 0.6) is 5.75 Å².